The third kappa shape index (κ3) is 3.40. The molecular weight excluding hydrogens is 348 g/mol. The first-order valence-corrected chi connectivity index (χ1v) is 9.73. The lowest BCUT2D eigenvalue weighted by molar-refractivity contribution is 0.0168. The van der Waals surface area contributed by atoms with Crippen molar-refractivity contribution in [3.8, 4) is 0 Å². The molecule has 1 aliphatic rings. The average molecular weight is 370 g/mol. The Labute approximate surface area is 156 Å². The summed E-state index contributed by atoms with van der Waals surface area (Å²) in [5, 5.41) is 6.14. The topological polar surface area (TPSA) is 54.7 Å². The molecule has 0 radical (unpaired) electrons. The van der Waals surface area contributed by atoms with E-state index in [9.17, 15) is 4.79 Å². The van der Waals surface area contributed by atoms with Gasteiger partial charge in [-0.2, -0.15) is 0 Å². The Balaban J connectivity index is 1.51. The number of ether oxygens (including phenoxy) is 1. The Morgan fingerprint density at radius 3 is 2.77 bits per heavy atom. The fourth-order valence-corrected chi connectivity index (χ4v) is 4.30. The summed E-state index contributed by atoms with van der Waals surface area (Å²) < 4.78 is 11.3. The van der Waals surface area contributed by atoms with Gasteiger partial charge in [-0.1, -0.05) is 24.3 Å². The molecule has 2 aromatic heterocycles. The molecule has 0 aliphatic carbocycles. The molecular formula is C20H22N2O3S. The molecule has 136 valence electrons. The fraction of sp³-hybridized carbons (Fsp3) is 0.350. The van der Waals surface area contributed by atoms with Crippen LogP contribution in [0.4, 0.5) is 0 Å². The van der Waals surface area contributed by atoms with E-state index in [-0.39, 0.29) is 11.9 Å². The molecule has 1 atom stereocenters. The van der Waals surface area contributed by atoms with Gasteiger partial charge in [0, 0.05) is 35.5 Å². The van der Waals surface area contributed by atoms with Gasteiger partial charge in [-0.05, 0) is 24.4 Å². The van der Waals surface area contributed by atoms with Crippen LogP contribution < -0.4 is 5.32 Å². The molecule has 0 saturated carbocycles. The Hall–Kier alpha value is -2.15. The molecule has 1 aromatic carbocycles. The highest BCUT2D eigenvalue weighted by Gasteiger charge is 2.25. The molecule has 0 unspecified atom stereocenters. The number of nitrogens with zero attached hydrogens (tertiary/aromatic N) is 1. The number of nitrogens with one attached hydrogen (secondary N) is 1. The minimum absolute atomic E-state index is 0.159. The van der Waals surface area contributed by atoms with Gasteiger partial charge in [-0.15, -0.1) is 11.3 Å². The highest BCUT2D eigenvalue weighted by atomic mass is 32.1. The van der Waals surface area contributed by atoms with Crippen molar-refractivity contribution >= 4 is 28.2 Å². The third-order valence-corrected chi connectivity index (χ3v) is 5.84. The van der Waals surface area contributed by atoms with Crippen molar-refractivity contribution in [2.24, 2.45) is 0 Å². The smallest absolute Gasteiger partial charge is 0.287 e. The number of para-hydroxylation sites is 1. The lowest BCUT2D eigenvalue weighted by atomic mass is 10.1. The van der Waals surface area contributed by atoms with Crippen molar-refractivity contribution in [1.82, 2.24) is 10.2 Å². The van der Waals surface area contributed by atoms with E-state index < -0.39 is 0 Å². The van der Waals surface area contributed by atoms with Crippen LogP contribution in [0.5, 0.6) is 0 Å². The van der Waals surface area contributed by atoms with E-state index in [2.05, 4.69) is 27.7 Å². The maximum absolute atomic E-state index is 12.7. The number of aryl methyl sites for hydroxylation is 1. The maximum atomic E-state index is 12.7. The summed E-state index contributed by atoms with van der Waals surface area (Å²) in [7, 11) is 0. The van der Waals surface area contributed by atoms with E-state index in [1.165, 1.54) is 4.88 Å². The molecule has 3 aromatic rings. The number of thiophene rings is 1. The molecule has 0 bridgehead atoms. The van der Waals surface area contributed by atoms with Crippen LogP contribution in [0, 0.1) is 6.92 Å². The number of hydrogen-bond donors (Lipinski definition) is 1. The van der Waals surface area contributed by atoms with Crippen molar-refractivity contribution in [2.45, 2.75) is 13.0 Å². The molecule has 26 heavy (non-hydrogen) atoms. The van der Waals surface area contributed by atoms with Crippen LogP contribution in [0.1, 0.15) is 27.0 Å². The van der Waals surface area contributed by atoms with Gasteiger partial charge in [0.1, 0.15) is 5.58 Å². The van der Waals surface area contributed by atoms with Gasteiger partial charge in [0.15, 0.2) is 5.76 Å². The summed E-state index contributed by atoms with van der Waals surface area (Å²) >= 11 is 1.72. The normalized spacial score (nSPS) is 16.7. The number of morpholine rings is 1. The molecule has 5 nitrogen and oxygen atoms in total. The number of furan rings is 1. The predicted molar refractivity (Wildman–Crippen MR) is 103 cm³/mol. The number of amides is 1. The van der Waals surface area contributed by atoms with E-state index in [1.54, 1.807) is 11.3 Å². The molecule has 1 amide bonds. The van der Waals surface area contributed by atoms with Crippen LogP contribution in [-0.4, -0.2) is 43.7 Å². The van der Waals surface area contributed by atoms with Crippen molar-refractivity contribution in [3.63, 3.8) is 0 Å². The number of carbonyl (C=O) groups is 1. The standard InChI is InChI=1S/C20H22N2O3S/c1-14-15-5-2-3-6-17(15)25-19(14)20(23)21-13-16(18-7-4-12-26-18)22-8-10-24-11-9-22/h2-7,12,16H,8-11,13H2,1H3,(H,21,23)/t16-/m0/s1. The van der Waals surface area contributed by atoms with Crippen LogP contribution >= 0.6 is 11.3 Å². The Morgan fingerprint density at radius 2 is 2.04 bits per heavy atom. The molecule has 0 spiro atoms. The zero-order valence-corrected chi connectivity index (χ0v) is 15.6. The number of benzene rings is 1. The summed E-state index contributed by atoms with van der Waals surface area (Å²) in [6.45, 7) is 5.70. The summed E-state index contributed by atoms with van der Waals surface area (Å²) in [5.41, 5.74) is 1.63. The van der Waals surface area contributed by atoms with E-state index in [0.717, 1.165) is 42.8 Å². The monoisotopic (exact) mass is 370 g/mol. The van der Waals surface area contributed by atoms with Crippen LogP contribution in [0.2, 0.25) is 0 Å². The van der Waals surface area contributed by atoms with Gasteiger partial charge in [0.05, 0.1) is 19.3 Å². The Kier molecular flexibility index (Phi) is 5.06. The summed E-state index contributed by atoms with van der Waals surface area (Å²) in [6, 6.07) is 12.1. The SMILES string of the molecule is Cc1c(C(=O)NC[C@@H](c2cccs2)N2CCOCC2)oc2ccccc12. The van der Waals surface area contributed by atoms with Crippen molar-refractivity contribution in [3.05, 3.63) is 58.0 Å². The summed E-state index contributed by atoms with van der Waals surface area (Å²) in [6.07, 6.45) is 0. The first-order chi connectivity index (χ1) is 12.7. The first kappa shape index (κ1) is 17.3. The average Bonchev–Trinajstić information content (AvgIpc) is 3.32. The zero-order valence-electron chi connectivity index (χ0n) is 14.7. The predicted octanol–water partition coefficient (Wildman–Crippen LogP) is 3.61. The van der Waals surface area contributed by atoms with E-state index in [0.29, 0.717) is 12.3 Å². The largest absolute Gasteiger partial charge is 0.451 e. The van der Waals surface area contributed by atoms with Crippen LogP contribution in [0.25, 0.3) is 11.0 Å². The number of hydrogen-bond acceptors (Lipinski definition) is 5. The van der Waals surface area contributed by atoms with Crippen LogP contribution in [-0.2, 0) is 4.74 Å². The maximum Gasteiger partial charge on any atom is 0.287 e. The summed E-state index contributed by atoms with van der Waals surface area (Å²) in [4.78, 5) is 16.4. The van der Waals surface area contributed by atoms with E-state index in [1.807, 2.05) is 31.2 Å². The van der Waals surface area contributed by atoms with Gasteiger partial charge < -0.3 is 14.5 Å². The molecule has 1 saturated heterocycles. The second kappa shape index (κ2) is 7.61. The molecule has 1 N–H and O–H groups in total. The fourth-order valence-electron chi connectivity index (χ4n) is 3.44. The van der Waals surface area contributed by atoms with Crippen molar-refractivity contribution < 1.29 is 13.9 Å². The molecule has 1 fully saturated rings. The van der Waals surface area contributed by atoms with E-state index in [4.69, 9.17) is 9.15 Å². The first-order valence-electron chi connectivity index (χ1n) is 8.85. The Morgan fingerprint density at radius 1 is 1.23 bits per heavy atom. The Bertz CT molecular complexity index is 882. The second-order valence-corrected chi connectivity index (χ2v) is 7.42. The lowest BCUT2D eigenvalue weighted by Crippen LogP contribution is -2.43. The van der Waals surface area contributed by atoms with Gasteiger partial charge in [-0.25, -0.2) is 0 Å². The minimum Gasteiger partial charge on any atom is -0.451 e. The quantitative estimate of drug-likeness (QED) is 0.745. The highest BCUT2D eigenvalue weighted by Crippen LogP contribution is 2.27. The lowest BCUT2D eigenvalue weighted by Gasteiger charge is -2.34. The molecule has 6 heteroatoms. The number of fused-ring (bicyclic) bond motifs is 1. The second-order valence-electron chi connectivity index (χ2n) is 6.44. The molecule has 3 heterocycles. The van der Waals surface area contributed by atoms with Crippen molar-refractivity contribution in [2.75, 3.05) is 32.8 Å². The number of rotatable bonds is 5. The van der Waals surface area contributed by atoms with Gasteiger partial charge >= 0.3 is 0 Å². The molecule has 1 aliphatic heterocycles. The van der Waals surface area contributed by atoms with Crippen molar-refractivity contribution in [1.29, 1.82) is 0 Å². The van der Waals surface area contributed by atoms with Crippen LogP contribution in [0.15, 0.2) is 46.2 Å². The van der Waals surface area contributed by atoms with Gasteiger partial charge in [-0.3, -0.25) is 9.69 Å². The summed E-state index contributed by atoms with van der Waals surface area (Å²) in [5.74, 6) is 0.242. The third-order valence-electron chi connectivity index (χ3n) is 4.86. The highest BCUT2D eigenvalue weighted by molar-refractivity contribution is 7.10. The van der Waals surface area contributed by atoms with Gasteiger partial charge in [0.25, 0.3) is 5.91 Å². The zero-order chi connectivity index (χ0) is 17.9. The van der Waals surface area contributed by atoms with Crippen LogP contribution in [0.3, 0.4) is 0 Å². The minimum atomic E-state index is -0.159. The van der Waals surface area contributed by atoms with E-state index >= 15 is 0 Å². The molecule has 4 rings (SSSR count). The van der Waals surface area contributed by atoms with Gasteiger partial charge in [0.2, 0.25) is 0 Å². The number of carbonyl (C=O) groups excluding carboxylic acids is 1.